The minimum absolute atomic E-state index is 0.413. The van der Waals surface area contributed by atoms with Gasteiger partial charge < -0.3 is 5.32 Å². The molecule has 4 rings (SSSR count). The molecule has 140 valence electrons. The second-order valence-corrected chi connectivity index (χ2v) is 7.84. The number of fused-ring (bicyclic) bond motifs is 1. The zero-order chi connectivity index (χ0) is 19.0. The van der Waals surface area contributed by atoms with Crippen LogP contribution in [0.2, 0.25) is 0 Å². The van der Waals surface area contributed by atoms with Crippen molar-refractivity contribution in [2.24, 2.45) is 11.8 Å². The fourth-order valence-corrected chi connectivity index (χ4v) is 4.20. The van der Waals surface area contributed by atoms with Crippen LogP contribution < -0.4 is 5.32 Å². The first-order valence-electron chi connectivity index (χ1n) is 9.98. The molecule has 0 saturated heterocycles. The molecule has 1 aliphatic carbocycles. The van der Waals surface area contributed by atoms with Gasteiger partial charge in [-0.2, -0.15) is 5.26 Å². The van der Waals surface area contributed by atoms with Gasteiger partial charge in [0, 0.05) is 17.8 Å². The van der Waals surface area contributed by atoms with Crippen molar-refractivity contribution in [2.45, 2.75) is 52.5 Å². The summed E-state index contributed by atoms with van der Waals surface area (Å²) in [6.45, 7) is 6.84. The van der Waals surface area contributed by atoms with Crippen molar-refractivity contribution in [3.8, 4) is 17.3 Å². The van der Waals surface area contributed by atoms with Crippen LogP contribution in [0.5, 0.6) is 0 Å². The molecule has 0 aliphatic heterocycles. The minimum atomic E-state index is 0.413. The Labute approximate surface area is 160 Å². The van der Waals surface area contributed by atoms with Crippen molar-refractivity contribution in [3.63, 3.8) is 0 Å². The zero-order valence-corrected chi connectivity index (χ0v) is 16.3. The van der Waals surface area contributed by atoms with Gasteiger partial charge >= 0.3 is 0 Å². The fourth-order valence-electron chi connectivity index (χ4n) is 4.20. The third-order valence-corrected chi connectivity index (χ3v) is 6.24. The van der Waals surface area contributed by atoms with Crippen molar-refractivity contribution in [1.82, 2.24) is 14.6 Å². The molecule has 1 saturated carbocycles. The zero-order valence-electron chi connectivity index (χ0n) is 16.3. The topological polar surface area (TPSA) is 68.9 Å². The summed E-state index contributed by atoms with van der Waals surface area (Å²) in [5.74, 6) is 2.27. The number of nitrogens with zero attached hydrogens (tertiary/aromatic N) is 3. The number of benzene rings is 1. The number of rotatable bonds is 4. The van der Waals surface area contributed by atoms with Crippen molar-refractivity contribution in [1.29, 1.82) is 5.26 Å². The number of H-pyrrole nitrogens is 1. The molecule has 1 fully saturated rings. The van der Waals surface area contributed by atoms with Crippen LogP contribution >= 0.6 is 0 Å². The summed E-state index contributed by atoms with van der Waals surface area (Å²) in [6.07, 6.45) is 6.46. The summed E-state index contributed by atoms with van der Waals surface area (Å²) < 4.78 is 1.92. The van der Waals surface area contributed by atoms with E-state index >= 15 is 0 Å². The van der Waals surface area contributed by atoms with E-state index in [-0.39, 0.29) is 0 Å². The quantitative estimate of drug-likeness (QED) is 0.687. The molecule has 1 aliphatic rings. The molecule has 3 atom stereocenters. The van der Waals surface area contributed by atoms with Crippen LogP contribution in [-0.4, -0.2) is 20.6 Å². The van der Waals surface area contributed by atoms with Gasteiger partial charge in [-0.25, -0.2) is 9.50 Å². The average Bonchev–Trinajstić information content (AvgIpc) is 3.25. The van der Waals surface area contributed by atoms with Gasteiger partial charge in [-0.1, -0.05) is 57.9 Å². The highest BCUT2D eigenvalue weighted by Gasteiger charge is 2.29. The maximum Gasteiger partial charge on any atom is 0.173 e. The van der Waals surface area contributed by atoms with E-state index in [0.29, 0.717) is 29.1 Å². The standard InChI is InChI=1S/C22H27N5/c1-4-16-8-10-17(11-9-16)20-22(25-19-7-5-6-14(2)15(19)3)27-21(26-20)18(12-23)13-24-27/h8-11,13-15,19,24-25H,4-7H2,1-3H3/t14-,15+,19-/m1/s1. The highest BCUT2D eigenvalue weighted by Crippen LogP contribution is 2.35. The summed E-state index contributed by atoms with van der Waals surface area (Å²) in [7, 11) is 0. The number of aryl methyl sites for hydroxylation is 1. The maximum absolute atomic E-state index is 9.42. The molecule has 3 aromatic rings. The monoisotopic (exact) mass is 361 g/mol. The Kier molecular flexibility index (Phi) is 4.65. The lowest BCUT2D eigenvalue weighted by atomic mass is 9.78. The van der Waals surface area contributed by atoms with E-state index in [9.17, 15) is 5.26 Å². The fraction of sp³-hybridized carbons (Fsp3) is 0.455. The molecular formula is C22H27N5. The number of imidazole rings is 1. The molecule has 2 heterocycles. The second-order valence-electron chi connectivity index (χ2n) is 7.84. The van der Waals surface area contributed by atoms with Crippen LogP contribution in [0.1, 0.15) is 51.2 Å². The lowest BCUT2D eigenvalue weighted by molar-refractivity contribution is 0.252. The van der Waals surface area contributed by atoms with Gasteiger partial charge in [0.2, 0.25) is 0 Å². The SMILES string of the molecule is CCc1ccc(-c2nc3c(C#N)c[nH]n3c2N[C@@H]2CCC[C@@H](C)[C@@H]2C)cc1. The van der Waals surface area contributed by atoms with Crippen molar-refractivity contribution in [3.05, 3.63) is 41.6 Å². The first-order valence-corrected chi connectivity index (χ1v) is 9.98. The van der Waals surface area contributed by atoms with Crippen LogP contribution in [0.3, 0.4) is 0 Å². The third-order valence-electron chi connectivity index (χ3n) is 6.24. The van der Waals surface area contributed by atoms with E-state index in [2.05, 4.69) is 61.5 Å². The van der Waals surface area contributed by atoms with Gasteiger partial charge in [0.1, 0.15) is 17.3 Å². The first kappa shape index (κ1) is 17.7. The number of aromatic amines is 1. The molecule has 0 amide bonds. The molecule has 0 spiro atoms. The largest absolute Gasteiger partial charge is 0.365 e. The van der Waals surface area contributed by atoms with Crippen molar-refractivity contribution >= 4 is 11.5 Å². The Morgan fingerprint density at radius 3 is 2.74 bits per heavy atom. The number of hydrogen-bond acceptors (Lipinski definition) is 3. The van der Waals surface area contributed by atoms with E-state index in [1.807, 2.05) is 4.52 Å². The normalized spacial score (nSPS) is 22.7. The number of hydrogen-bond donors (Lipinski definition) is 2. The summed E-state index contributed by atoms with van der Waals surface area (Å²) in [5, 5.41) is 16.4. The number of aromatic nitrogens is 3. The Bertz CT molecular complexity index is 973. The lowest BCUT2D eigenvalue weighted by Gasteiger charge is -2.35. The molecule has 0 unspecified atom stereocenters. The lowest BCUT2D eigenvalue weighted by Crippen LogP contribution is -2.35. The summed E-state index contributed by atoms with van der Waals surface area (Å²) in [5.41, 5.74) is 4.55. The molecular weight excluding hydrogens is 334 g/mol. The summed E-state index contributed by atoms with van der Waals surface area (Å²) >= 11 is 0. The van der Waals surface area contributed by atoms with E-state index in [1.54, 1.807) is 6.20 Å². The van der Waals surface area contributed by atoms with Gasteiger partial charge in [-0.3, -0.25) is 5.10 Å². The molecule has 5 heteroatoms. The second kappa shape index (κ2) is 7.11. The predicted molar refractivity (Wildman–Crippen MR) is 109 cm³/mol. The van der Waals surface area contributed by atoms with Crippen LogP contribution in [0.25, 0.3) is 16.9 Å². The molecule has 1 aromatic carbocycles. The van der Waals surface area contributed by atoms with Gasteiger partial charge in [-0.05, 0) is 30.2 Å². The molecule has 2 N–H and O–H groups in total. The van der Waals surface area contributed by atoms with E-state index in [4.69, 9.17) is 4.98 Å². The maximum atomic E-state index is 9.42. The minimum Gasteiger partial charge on any atom is -0.365 e. The smallest absolute Gasteiger partial charge is 0.173 e. The van der Waals surface area contributed by atoms with Crippen LogP contribution in [0.15, 0.2) is 30.5 Å². The van der Waals surface area contributed by atoms with Gasteiger partial charge in [0.25, 0.3) is 0 Å². The van der Waals surface area contributed by atoms with E-state index in [0.717, 1.165) is 23.5 Å². The average molecular weight is 361 g/mol. The number of nitriles is 1. The Balaban J connectivity index is 1.79. The Morgan fingerprint density at radius 1 is 1.26 bits per heavy atom. The molecule has 2 aromatic heterocycles. The third kappa shape index (κ3) is 3.10. The first-order chi connectivity index (χ1) is 13.1. The number of anilines is 1. The molecule has 27 heavy (non-hydrogen) atoms. The Hall–Kier alpha value is -2.74. The number of nitrogens with one attached hydrogen (secondary N) is 2. The van der Waals surface area contributed by atoms with Gasteiger partial charge in [-0.15, -0.1) is 0 Å². The summed E-state index contributed by atoms with van der Waals surface area (Å²) in [4.78, 5) is 4.83. The van der Waals surface area contributed by atoms with Gasteiger partial charge in [0.05, 0.1) is 0 Å². The van der Waals surface area contributed by atoms with Crippen molar-refractivity contribution in [2.75, 3.05) is 5.32 Å². The van der Waals surface area contributed by atoms with E-state index < -0.39 is 0 Å². The highest BCUT2D eigenvalue weighted by molar-refractivity contribution is 5.78. The molecule has 0 radical (unpaired) electrons. The predicted octanol–water partition coefficient (Wildman–Crippen LogP) is 5.00. The van der Waals surface area contributed by atoms with Crippen LogP contribution in [-0.2, 0) is 6.42 Å². The van der Waals surface area contributed by atoms with Crippen molar-refractivity contribution < 1.29 is 0 Å². The Morgan fingerprint density at radius 2 is 2.04 bits per heavy atom. The molecule has 0 bridgehead atoms. The summed E-state index contributed by atoms with van der Waals surface area (Å²) in [6, 6.07) is 11.2. The molecule has 5 nitrogen and oxygen atoms in total. The van der Waals surface area contributed by atoms with Gasteiger partial charge in [0.15, 0.2) is 11.5 Å². The highest BCUT2D eigenvalue weighted by atomic mass is 15.3. The van der Waals surface area contributed by atoms with E-state index in [1.165, 1.54) is 24.8 Å². The van der Waals surface area contributed by atoms with Crippen LogP contribution in [0.4, 0.5) is 5.82 Å². The van der Waals surface area contributed by atoms with Crippen LogP contribution in [0, 0.1) is 23.2 Å².